The van der Waals surface area contributed by atoms with Gasteiger partial charge in [-0.15, -0.1) is 0 Å². The van der Waals surface area contributed by atoms with E-state index in [2.05, 4.69) is 5.32 Å². The molecule has 1 aliphatic rings. The van der Waals surface area contributed by atoms with Crippen LogP contribution in [0, 0.1) is 0 Å². The molecule has 132 valence electrons. The third-order valence-corrected chi connectivity index (χ3v) is 6.03. The number of hydrogen-bond acceptors (Lipinski definition) is 3. The van der Waals surface area contributed by atoms with Crippen LogP contribution < -0.4 is 5.32 Å². The van der Waals surface area contributed by atoms with Gasteiger partial charge in [0.25, 0.3) is 0 Å². The zero-order valence-corrected chi connectivity index (χ0v) is 15.2. The van der Waals surface area contributed by atoms with E-state index < -0.39 is 15.4 Å². The van der Waals surface area contributed by atoms with Gasteiger partial charge in [0.05, 0.1) is 17.0 Å². The third kappa shape index (κ3) is 5.37. The fourth-order valence-electron chi connectivity index (χ4n) is 2.87. The van der Waals surface area contributed by atoms with Gasteiger partial charge in [0.1, 0.15) is 0 Å². The second-order valence-corrected chi connectivity index (χ2v) is 8.78. The van der Waals surface area contributed by atoms with Crippen LogP contribution in [-0.4, -0.2) is 49.5 Å². The molecule has 6 heteroatoms. The van der Waals surface area contributed by atoms with Gasteiger partial charge < -0.3 is 10.2 Å². The number of sulfone groups is 1. The van der Waals surface area contributed by atoms with Crippen LogP contribution in [0.1, 0.15) is 32.3 Å². The van der Waals surface area contributed by atoms with E-state index in [1.54, 1.807) is 11.8 Å². The second-order valence-electron chi connectivity index (χ2n) is 6.59. The van der Waals surface area contributed by atoms with E-state index in [0.717, 1.165) is 12.0 Å². The van der Waals surface area contributed by atoms with Gasteiger partial charge in [0, 0.05) is 13.1 Å². The maximum Gasteiger partial charge on any atom is 0.318 e. The molecule has 0 aliphatic carbocycles. The zero-order valence-electron chi connectivity index (χ0n) is 14.4. The van der Waals surface area contributed by atoms with Gasteiger partial charge in [-0.3, -0.25) is 0 Å². The van der Waals surface area contributed by atoms with Gasteiger partial charge in [-0.25, -0.2) is 13.2 Å². The van der Waals surface area contributed by atoms with Crippen LogP contribution in [0.15, 0.2) is 36.4 Å². The predicted molar refractivity (Wildman–Crippen MR) is 97.5 cm³/mol. The average Bonchev–Trinajstić information content (AvgIpc) is 2.80. The molecule has 2 amide bonds. The Balaban J connectivity index is 1.96. The molecule has 1 aromatic carbocycles. The number of amides is 2. The van der Waals surface area contributed by atoms with E-state index in [0.29, 0.717) is 19.5 Å². The summed E-state index contributed by atoms with van der Waals surface area (Å²) in [6.07, 6.45) is 5.26. The number of hydrogen-bond donors (Lipinski definition) is 1. The molecule has 0 bridgehead atoms. The molecule has 0 radical (unpaired) electrons. The molecule has 1 N–H and O–H groups in total. The van der Waals surface area contributed by atoms with Crippen molar-refractivity contribution in [2.75, 3.05) is 24.6 Å². The molecule has 1 aromatic rings. The summed E-state index contributed by atoms with van der Waals surface area (Å²) >= 11 is 0. The van der Waals surface area contributed by atoms with Gasteiger partial charge in [-0.1, -0.05) is 49.4 Å². The van der Waals surface area contributed by atoms with Gasteiger partial charge in [-0.2, -0.15) is 0 Å². The Labute approximate surface area is 144 Å². The van der Waals surface area contributed by atoms with Crippen LogP contribution >= 0.6 is 0 Å². The van der Waals surface area contributed by atoms with E-state index in [-0.39, 0.29) is 17.5 Å². The lowest BCUT2D eigenvalue weighted by atomic mass is 10.0. The van der Waals surface area contributed by atoms with Crippen LogP contribution in [0.4, 0.5) is 4.79 Å². The van der Waals surface area contributed by atoms with Crippen LogP contribution in [0.5, 0.6) is 0 Å². The molecule has 0 saturated carbocycles. The SMILES string of the molecule is CCCN(C/C=C/c1ccccc1)C(=O)NC1(C)CCS(=O)(=O)C1. The maximum absolute atomic E-state index is 12.5. The number of nitrogens with zero attached hydrogens (tertiary/aromatic N) is 1. The standard InChI is InChI=1S/C18H26N2O3S/c1-3-12-20(13-7-10-16-8-5-4-6-9-16)17(21)19-18(2)11-14-24(22,23)15-18/h4-10H,3,11-15H2,1-2H3,(H,19,21)/b10-7+. The molecule has 1 unspecified atom stereocenters. The van der Waals surface area contributed by atoms with Gasteiger partial charge in [-0.05, 0) is 25.3 Å². The molecule has 1 fully saturated rings. The molecule has 1 heterocycles. The number of urea groups is 1. The number of nitrogens with one attached hydrogen (secondary N) is 1. The first-order chi connectivity index (χ1) is 11.3. The highest BCUT2D eigenvalue weighted by Crippen LogP contribution is 2.23. The Morgan fingerprint density at radius 2 is 2.04 bits per heavy atom. The van der Waals surface area contributed by atoms with Gasteiger partial charge in [0.2, 0.25) is 0 Å². The summed E-state index contributed by atoms with van der Waals surface area (Å²) in [4.78, 5) is 14.3. The molecule has 0 spiro atoms. The van der Waals surface area contributed by atoms with Crippen molar-refractivity contribution in [2.45, 2.75) is 32.2 Å². The zero-order chi connectivity index (χ0) is 17.6. The third-order valence-electron chi connectivity index (χ3n) is 4.13. The molecule has 1 atom stereocenters. The Morgan fingerprint density at radius 1 is 1.33 bits per heavy atom. The Morgan fingerprint density at radius 3 is 2.62 bits per heavy atom. The van der Waals surface area contributed by atoms with Crippen molar-refractivity contribution >= 4 is 21.9 Å². The van der Waals surface area contributed by atoms with Crippen LogP contribution in [-0.2, 0) is 9.84 Å². The quantitative estimate of drug-likeness (QED) is 0.858. The van der Waals surface area contributed by atoms with Crippen molar-refractivity contribution in [2.24, 2.45) is 0 Å². The topological polar surface area (TPSA) is 66.5 Å². The molecular weight excluding hydrogens is 324 g/mol. The lowest BCUT2D eigenvalue weighted by molar-refractivity contribution is 0.192. The predicted octanol–water partition coefficient (Wildman–Crippen LogP) is 2.70. The summed E-state index contributed by atoms with van der Waals surface area (Å²) in [5.41, 5.74) is 0.425. The van der Waals surface area contributed by atoms with Crippen molar-refractivity contribution in [1.29, 1.82) is 0 Å². The highest BCUT2D eigenvalue weighted by molar-refractivity contribution is 7.91. The average molecular weight is 350 g/mol. The molecule has 2 rings (SSSR count). The van der Waals surface area contributed by atoms with E-state index in [1.165, 1.54) is 0 Å². The minimum Gasteiger partial charge on any atom is -0.332 e. The van der Waals surface area contributed by atoms with Gasteiger partial charge in [0.15, 0.2) is 9.84 Å². The number of carbonyl (C=O) groups is 1. The van der Waals surface area contributed by atoms with E-state index >= 15 is 0 Å². The largest absolute Gasteiger partial charge is 0.332 e. The summed E-state index contributed by atoms with van der Waals surface area (Å²) in [6, 6.07) is 9.71. The maximum atomic E-state index is 12.5. The minimum atomic E-state index is -3.04. The fraction of sp³-hybridized carbons (Fsp3) is 0.500. The number of benzene rings is 1. The Kier molecular flexibility index (Phi) is 6.04. The monoisotopic (exact) mass is 350 g/mol. The Bertz CT molecular complexity index is 685. The minimum absolute atomic E-state index is 0.0194. The Hall–Kier alpha value is -1.82. The summed E-state index contributed by atoms with van der Waals surface area (Å²) in [6.45, 7) is 4.95. The van der Waals surface area contributed by atoms with E-state index in [4.69, 9.17) is 0 Å². The first-order valence-corrected chi connectivity index (χ1v) is 10.1. The van der Waals surface area contributed by atoms with Crippen molar-refractivity contribution < 1.29 is 13.2 Å². The van der Waals surface area contributed by atoms with Crippen molar-refractivity contribution in [1.82, 2.24) is 10.2 Å². The number of rotatable bonds is 6. The molecular formula is C18H26N2O3S. The molecule has 24 heavy (non-hydrogen) atoms. The second kappa shape index (κ2) is 7.83. The highest BCUT2D eigenvalue weighted by atomic mass is 32.2. The van der Waals surface area contributed by atoms with Crippen LogP contribution in [0.3, 0.4) is 0 Å². The summed E-state index contributed by atoms with van der Waals surface area (Å²) in [7, 11) is -3.04. The fourth-order valence-corrected chi connectivity index (χ4v) is 4.97. The van der Waals surface area contributed by atoms with Crippen molar-refractivity contribution in [3.63, 3.8) is 0 Å². The van der Waals surface area contributed by atoms with Crippen LogP contribution in [0.25, 0.3) is 6.08 Å². The normalized spacial score (nSPS) is 22.6. The van der Waals surface area contributed by atoms with Crippen molar-refractivity contribution in [3.8, 4) is 0 Å². The number of carbonyl (C=O) groups excluding carboxylic acids is 1. The highest BCUT2D eigenvalue weighted by Gasteiger charge is 2.40. The van der Waals surface area contributed by atoms with Gasteiger partial charge >= 0.3 is 6.03 Å². The van der Waals surface area contributed by atoms with E-state index in [9.17, 15) is 13.2 Å². The molecule has 1 aliphatic heterocycles. The first kappa shape index (κ1) is 18.5. The lowest BCUT2D eigenvalue weighted by Crippen LogP contribution is -2.52. The smallest absolute Gasteiger partial charge is 0.318 e. The lowest BCUT2D eigenvalue weighted by Gasteiger charge is -2.29. The van der Waals surface area contributed by atoms with E-state index in [1.807, 2.05) is 49.4 Å². The molecule has 1 saturated heterocycles. The van der Waals surface area contributed by atoms with Crippen LogP contribution in [0.2, 0.25) is 0 Å². The van der Waals surface area contributed by atoms with Crippen molar-refractivity contribution in [3.05, 3.63) is 42.0 Å². The molecule has 0 aromatic heterocycles. The summed E-state index contributed by atoms with van der Waals surface area (Å²) in [5, 5.41) is 2.92. The summed E-state index contributed by atoms with van der Waals surface area (Å²) in [5.74, 6) is 0.164. The molecule has 5 nitrogen and oxygen atoms in total. The first-order valence-electron chi connectivity index (χ1n) is 8.33. The summed E-state index contributed by atoms with van der Waals surface area (Å²) < 4.78 is 23.4.